The second-order valence-electron chi connectivity index (χ2n) is 6.30. The summed E-state index contributed by atoms with van der Waals surface area (Å²) in [5.74, 6) is 0.841. The predicted octanol–water partition coefficient (Wildman–Crippen LogP) is 2.40. The summed E-state index contributed by atoms with van der Waals surface area (Å²) in [6, 6.07) is 13.3. The molecule has 1 atom stereocenters. The molecule has 9 heteroatoms. The Balaban J connectivity index is 1.53. The number of carbonyl (C=O) groups excluding carboxylic acids is 1. The lowest BCUT2D eigenvalue weighted by Crippen LogP contribution is -2.50. The summed E-state index contributed by atoms with van der Waals surface area (Å²) >= 11 is 1.50. The molecule has 0 fully saturated rings. The number of rotatable bonds is 7. The lowest BCUT2D eigenvalue weighted by atomic mass is 10.2. The van der Waals surface area contributed by atoms with Crippen LogP contribution in [0.4, 0.5) is 10.1 Å². The number of halogens is 1. The van der Waals surface area contributed by atoms with Crippen LogP contribution >= 0.6 is 11.8 Å². The highest BCUT2D eigenvalue weighted by atomic mass is 32.2. The van der Waals surface area contributed by atoms with E-state index in [0.717, 1.165) is 6.26 Å². The number of benzene rings is 2. The van der Waals surface area contributed by atoms with Crippen LogP contribution < -0.4 is 14.4 Å². The minimum Gasteiger partial charge on any atom is -0.476 e. The van der Waals surface area contributed by atoms with Crippen LogP contribution in [0.25, 0.3) is 0 Å². The molecule has 1 heterocycles. The van der Waals surface area contributed by atoms with E-state index in [1.807, 2.05) is 0 Å². The largest absolute Gasteiger partial charge is 0.476 e. The Morgan fingerprint density at radius 3 is 2.71 bits per heavy atom. The van der Waals surface area contributed by atoms with Crippen molar-refractivity contribution >= 4 is 33.4 Å². The van der Waals surface area contributed by atoms with Gasteiger partial charge in [0.25, 0.3) is 5.91 Å². The lowest BCUT2D eigenvalue weighted by Gasteiger charge is -2.33. The third-order valence-electron chi connectivity index (χ3n) is 4.19. The van der Waals surface area contributed by atoms with Crippen molar-refractivity contribution in [2.24, 2.45) is 0 Å². The Bertz CT molecular complexity index is 952. The first-order chi connectivity index (χ1) is 13.4. The predicted molar refractivity (Wildman–Crippen MR) is 109 cm³/mol. The molecular formula is C19H21FN2O4S2. The number of anilines is 1. The molecule has 0 unspecified atom stereocenters. The van der Waals surface area contributed by atoms with Gasteiger partial charge in [0, 0.05) is 18.1 Å². The van der Waals surface area contributed by atoms with Crippen LogP contribution in [0.15, 0.2) is 48.5 Å². The number of hydrogen-bond acceptors (Lipinski definition) is 5. The van der Waals surface area contributed by atoms with E-state index in [1.54, 1.807) is 42.5 Å². The van der Waals surface area contributed by atoms with Crippen LogP contribution in [0.3, 0.4) is 0 Å². The van der Waals surface area contributed by atoms with Crippen molar-refractivity contribution in [3.05, 3.63) is 59.9 Å². The molecule has 0 radical (unpaired) electrons. The van der Waals surface area contributed by atoms with E-state index in [2.05, 4.69) is 5.32 Å². The van der Waals surface area contributed by atoms with Crippen molar-refractivity contribution in [1.29, 1.82) is 0 Å². The number of fused-ring (bicyclic) bond motifs is 1. The average molecular weight is 425 g/mol. The third-order valence-corrected chi connectivity index (χ3v) is 6.34. The minimum atomic E-state index is -3.54. The number of carbonyl (C=O) groups is 1. The van der Waals surface area contributed by atoms with Gasteiger partial charge in [0.1, 0.15) is 11.6 Å². The summed E-state index contributed by atoms with van der Waals surface area (Å²) in [7, 11) is -3.54. The molecule has 150 valence electrons. The average Bonchev–Trinajstić information content (AvgIpc) is 2.67. The molecule has 2 aromatic rings. The van der Waals surface area contributed by atoms with Crippen molar-refractivity contribution in [3.8, 4) is 5.75 Å². The number of nitrogens with one attached hydrogen (secondary N) is 1. The van der Waals surface area contributed by atoms with Gasteiger partial charge in [-0.25, -0.2) is 12.8 Å². The molecule has 0 aliphatic carbocycles. The van der Waals surface area contributed by atoms with Gasteiger partial charge in [-0.2, -0.15) is 11.8 Å². The molecule has 0 spiro atoms. The number of nitrogens with zero attached hydrogens (tertiary/aromatic N) is 1. The van der Waals surface area contributed by atoms with E-state index in [1.165, 1.54) is 22.1 Å². The smallest absolute Gasteiger partial charge is 0.263 e. The standard InChI is InChI=1S/C19H21FN2O4S2/c1-28(24,25)22-12-18(26-17-9-5-4-8-16(17)22)19(23)21-10-11-27-13-14-6-2-3-7-15(14)20/h2-9,18H,10-13H2,1H3,(H,21,23)/t18-/m1/s1. The summed E-state index contributed by atoms with van der Waals surface area (Å²) < 4.78 is 44.6. The topological polar surface area (TPSA) is 75.7 Å². The summed E-state index contributed by atoms with van der Waals surface area (Å²) in [5.41, 5.74) is 1.05. The summed E-state index contributed by atoms with van der Waals surface area (Å²) in [6.07, 6.45) is 0.171. The zero-order valence-electron chi connectivity index (χ0n) is 15.3. The van der Waals surface area contributed by atoms with Gasteiger partial charge >= 0.3 is 0 Å². The van der Waals surface area contributed by atoms with Gasteiger partial charge in [-0.05, 0) is 23.8 Å². The van der Waals surface area contributed by atoms with Gasteiger partial charge in [0.2, 0.25) is 10.0 Å². The monoisotopic (exact) mass is 424 g/mol. The highest BCUT2D eigenvalue weighted by Crippen LogP contribution is 2.34. The third kappa shape index (κ3) is 4.96. The molecule has 0 bridgehead atoms. The first-order valence-corrected chi connectivity index (χ1v) is 11.7. The van der Waals surface area contributed by atoms with E-state index in [4.69, 9.17) is 4.74 Å². The summed E-state index contributed by atoms with van der Waals surface area (Å²) in [4.78, 5) is 12.4. The zero-order valence-corrected chi connectivity index (χ0v) is 16.9. The van der Waals surface area contributed by atoms with E-state index < -0.39 is 16.1 Å². The number of hydrogen-bond donors (Lipinski definition) is 1. The van der Waals surface area contributed by atoms with E-state index in [-0.39, 0.29) is 18.3 Å². The maximum Gasteiger partial charge on any atom is 0.263 e. The molecule has 28 heavy (non-hydrogen) atoms. The molecule has 2 aromatic carbocycles. The fourth-order valence-corrected chi connectivity index (χ4v) is 4.57. The summed E-state index contributed by atoms with van der Waals surface area (Å²) in [5, 5.41) is 2.76. The van der Waals surface area contributed by atoms with E-state index >= 15 is 0 Å². The van der Waals surface area contributed by atoms with E-state index in [9.17, 15) is 17.6 Å². The van der Waals surface area contributed by atoms with Crippen LogP contribution in [-0.2, 0) is 20.6 Å². The van der Waals surface area contributed by atoms with Gasteiger partial charge < -0.3 is 10.1 Å². The van der Waals surface area contributed by atoms with Crippen molar-refractivity contribution < 1.29 is 22.3 Å². The maximum absolute atomic E-state index is 13.6. The molecular weight excluding hydrogens is 403 g/mol. The molecule has 1 aliphatic heterocycles. The van der Waals surface area contributed by atoms with Gasteiger partial charge in [-0.1, -0.05) is 30.3 Å². The van der Waals surface area contributed by atoms with Crippen LogP contribution in [0, 0.1) is 5.82 Å². The van der Waals surface area contributed by atoms with Crippen molar-refractivity contribution in [1.82, 2.24) is 5.32 Å². The Morgan fingerprint density at radius 2 is 1.96 bits per heavy atom. The van der Waals surface area contributed by atoms with E-state index in [0.29, 0.717) is 35.1 Å². The minimum absolute atomic E-state index is 0.0793. The van der Waals surface area contributed by atoms with Gasteiger partial charge in [-0.15, -0.1) is 0 Å². The number of para-hydroxylation sites is 2. The fraction of sp³-hybridized carbons (Fsp3) is 0.316. The van der Waals surface area contributed by atoms with Gasteiger partial charge in [0.05, 0.1) is 18.5 Å². The first kappa shape index (κ1) is 20.5. The number of thioether (sulfide) groups is 1. The molecule has 0 saturated carbocycles. The number of sulfonamides is 1. The normalized spacial score (nSPS) is 16.2. The number of amides is 1. The number of ether oxygens (including phenoxy) is 1. The van der Waals surface area contributed by atoms with Crippen molar-refractivity contribution in [3.63, 3.8) is 0 Å². The van der Waals surface area contributed by atoms with Crippen LogP contribution in [0.2, 0.25) is 0 Å². The Hall–Kier alpha value is -2.26. The summed E-state index contributed by atoms with van der Waals surface area (Å²) in [6.45, 7) is 0.294. The molecule has 3 rings (SSSR count). The van der Waals surface area contributed by atoms with Crippen LogP contribution in [0.1, 0.15) is 5.56 Å². The first-order valence-electron chi connectivity index (χ1n) is 8.68. The van der Waals surface area contributed by atoms with Crippen molar-refractivity contribution in [2.75, 3.05) is 29.4 Å². The molecule has 1 N–H and O–H groups in total. The van der Waals surface area contributed by atoms with Crippen molar-refractivity contribution in [2.45, 2.75) is 11.9 Å². The van der Waals surface area contributed by atoms with Gasteiger partial charge in [0.15, 0.2) is 6.10 Å². The molecule has 1 amide bonds. The zero-order chi connectivity index (χ0) is 20.1. The molecule has 1 aliphatic rings. The van der Waals surface area contributed by atoms with Gasteiger partial charge in [-0.3, -0.25) is 9.10 Å². The Morgan fingerprint density at radius 1 is 1.25 bits per heavy atom. The molecule has 0 saturated heterocycles. The second kappa shape index (κ2) is 8.83. The maximum atomic E-state index is 13.6. The highest BCUT2D eigenvalue weighted by molar-refractivity contribution is 7.98. The second-order valence-corrected chi connectivity index (χ2v) is 9.32. The Labute approximate surface area is 168 Å². The Kier molecular flexibility index (Phi) is 6.46. The molecule has 6 nitrogen and oxygen atoms in total. The van der Waals surface area contributed by atoms with Crippen LogP contribution in [0.5, 0.6) is 5.75 Å². The highest BCUT2D eigenvalue weighted by Gasteiger charge is 2.34. The fourth-order valence-electron chi connectivity index (χ4n) is 2.81. The molecule has 0 aromatic heterocycles. The SMILES string of the molecule is CS(=O)(=O)N1C[C@H](C(=O)NCCSCc2ccccc2F)Oc2ccccc21. The lowest BCUT2D eigenvalue weighted by molar-refractivity contribution is -0.127. The quantitative estimate of drug-likeness (QED) is 0.691. The van der Waals surface area contributed by atoms with Crippen LogP contribution in [-0.4, -0.2) is 45.5 Å².